The molecule has 0 radical (unpaired) electrons. The molecule has 1 heterocycles. The summed E-state index contributed by atoms with van der Waals surface area (Å²) in [5.74, 6) is -1.62. The lowest BCUT2D eigenvalue weighted by molar-refractivity contribution is -0.173. The van der Waals surface area contributed by atoms with E-state index in [0.717, 1.165) is 0 Å². The molecule has 0 spiro atoms. The fraction of sp³-hybridized carbons (Fsp3) is 0.833. The highest BCUT2D eigenvalue weighted by Gasteiger charge is 2.47. The molecule has 1 saturated heterocycles. The van der Waals surface area contributed by atoms with Crippen LogP contribution in [0.4, 0.5) is 18.0 Å². The molecule has 0 saturated carbocycles. The maximum Gasteiger partial charge on any atom is 0.404 e. The number of carboxylic acid groups (broad SMARTS) is 1. The van der Waals surface area contributed by atoms with Crippen LogP contribution < -0.4 is 10.6 Å². The fourth-order valence-electron chi connectivity index (χ4n) is 1.33. The molecule has 1 amide bonds. The van der Waals surface area contributed by atoms with Crippen LogP contribution in [0.2, 0.25) is 0 Å². The van der Waals surface area contributed by atoms with Gasteiger partial charge in [-0.15, -0.1) is 0 Å². The van der Waals surface area contributed by atoms with Crippen LogP contribution in [0.1, 0.15) is 0 Å². The molecule has 4 nitrogen and oxygen atoms in total. The SMILES string of the molecule is O=C(O)N[C@H]1CNC[C@@H]1C(F)(F)F. The van der Waals surface area contributed by atoms with Gasteiger partial charge in [-0.1, -0.05) is 0 Å². The summed E-state index contributed by atoms with van der Waals surface area (Å²) in [4.78, 5) is 10.1. The highest BCUT2D eigenvalue weighted by Crippen LogP contribution is 2.30. The van der Waals surface area contributed by atoms with E-state index >= 15 is 0 Å². The Bertz CT molecular complexity index is 207. The highest BCUT2D eigenvalue weighted by molar-refractivity contribution is 5.65. The zero-order valence-electron chi connectivity index (χ0n) is 6.56. The summed E-state index contributed by atoms with van der Waals surface area (Å²) in [6.45, 7) is -0.203. The lowest BCUT2D eigenvalue weighted by Gasteiger charge is -2.20. The molecule has 0 aromatic rings. The van der Waals surface area contributed by atoms with Crippen LogP contribution in [-0.2, 0) is 0 Å². The molecule has 0 unspecified atom stereocenters. The number of amides is 1. The monoisotopic (exact) mass is 198 g/mol. The molecule has 13 heavy (non-hydrogen) atoms. The average molecular weight is 198 g/mol. The van der Waals surface area contributed by atoms with E-state index in [0.29, 0.717) is 0 Å². The predicted octanol–water partition coefficient (Wildman–Crippen LogP) is 0.404. The number of hydrogen-bond acceptors (Lipinski definition) is 2. The van der Waals surface area contributed by atoms with E-state index in [9.17, 15) is 18.0 Å². The Morgan fingerprint density at radius 2 is 2.08 bits per heavy atom. The average Bonchev–Trinajstić information content (AvgIpc) is 2.31. The first kappa shape index (κ1) is 10.1. The standard InChI is InChI=1S/C6H9F3N2O2/c7-6(8,9)3-1-10-2-4(3)11-5(12)13/h3-4,10-11H,1-2H2,(H,12,13)/t3-,4-/m0/s1. The minimum atomic E-state index is -4.35. The minimum absolute atomic E-state index is 0.0243. The van der Waals surface area contributed by atoms with E-state index in [1.807, 2.05) is 5.32 Å². The summed E-state index contributed by atoms with van der Waals surface area (Å²) in [6.07, 6.45) is -5.78. The van der Waals surface area contributed by atoms with Crippen LogP contribution in [0.3, 0.4) is 0 Å². The van der Waals surface area contributed by atoms with Gasteiger partial charge < -0.3 is 15.7 Å². The van der Waals surface area contributed by atoms with Crippen molar-refractivity contribution in [3.63, 3.8) is 0 Å². The van der Waals surface area contributed by atoms with Gasteiger partial charge in [-0.2, -0.15) is 13.2 Å². The van der Waals surface area contributed by atoms with Crippen LogP contribution >= 0.6 is 0 Å². The summed E-state index contributed by atoms with van der Waals surface area (Å²) in [7, 11) is 0. The Morgan fingerprint density at radius 1 is 1.46 bits per heavy atom. The van der Waals surface area contributed by atoms with Gasteiger partial charge in [0.2, 0.25) is 0 Å². The molecule has 0 aromatic carbocycles. The summed E-state index contributed by atoms with van der Waals surface area (Å²) >= 11 is 0. The topological polar surface area (TPSA) is 61.4 Å². The number of hydrogen-bond donors (Lipinski definition) is 3. The van der Waals surface area contributed by atoms with Crippen LogP contribution in [0.15, 0.2) is 0 Å². The summed E-state index contributed by atoms with van der Waals surface area (Å²) in [5, 5.41) is 12.6. The van der Waals surface area contributed by atoms with E-state index in [-0.39, 0.29) is 13.1 Å². The third-order valence-electron chi connectivity index (χ3n) is 1.94. The molecule has 2 atom stereocenters. The van der Waals surface area contributed by atoms with Crippen molar-refractivity contribution in [2.24, 2.45) is 5.92 Å². The Labute approximate surface area is 72.1 Å². The quantitative estimate of drug-likeness (QED) is 0.571. The highest BCUT2D eigenvalue weighted by atomic mass is 19.4. The summed E-state index contributed by atoms with van der Waals surface area (Å²) < 4.78 is 36.6. The zero-order chi connectivity index (χ0) is 10.1. The molecule has 0 aromatic heterocycles. The van der Waals surface area contributed by atoms with Gasteiger partial charge in [0.05, 0.1) is 12.0 Å². The predicted molar refractivity (Wildman–Crippen MR) is 37.4 cm³/mol. The number of alkyl halides is 3. The lowest BCUT2D eigenvalue weighted by atomic mass is 10.0. The van der Waals surface area contributed by atoms with Gasteiger partial charge in [0.25, 0.3) is 0 Å². The second-order valence-corrected chi connectivity index (χ2v) is 2.86. The molecule has 1 aliphatic rings. The Balaban J connectivity index is 2.59. The first-order valence-corrected chi connectivity index (χ1v) is 3.68. The van der Waals surface area contributed by atoms with Crippen molar-refractivity contribution >= 4 is 6.09 Å². The van der Waals surface area contributed by atoms with Gasteiger partial charge in [-0.05, 0) is 0 Å². The van der Waals surface area contributed by atoms with Gasteiger partial charge in [0.15, 0.2) is 0 Å². The molecular weight excluding hydrogens is 189 g/mol. The maximum atomic E-state index is 12.2. The van der Waals surface area contributed by atoms with Crippen LogP contribution in [-0.4, -0.2) is 36.5 Å². The number of halogens is 3. The van der Waals surface area contributed by atoms with Gasteiger partial charge in [0, 0.05) is 13.1 Å². The van der Waals surface area contributed by atoms with Gasteiger partial charge >= 0.3 is 12.3 Å². The van der Waals surface area contributed by atoms with E-state index in [1.54, 1.807) is 0 Å². The molecule has 0 bridgehead atoms. The molecular formula is C6H9F3N2O2. The van der Waals surface area contributed by atoms with Gasteiger partial charge in [-0.3, -0.25) is 0 Å². The van der Waals surface area contributed by atoms with E-state index < -0.39 is 24.2 Å². The van der Waals surface area contributed by atoms with Crippen molar-refractivity contribution in [3.05, 3.63) is 0 Å². The first-order valence-electron chi connectivity index (χ1n) is 3.68. The van der Waals surface area contributed by atoms with E-state index in [2.05, 4.69) is 5.32 Å². The van der Waals surface area contributed by atoms with Gasteiger partial charge in [-0.25, -0.2) is 4.79 Å². The van der Waals surface area contributed by atoms with E-state index in [1.165, 1.54) is 0 Å². The molecule has 1 rings (SSSR count). The smallest absolute Gasteiger partial charge is 0.404 e. The molecule has 3 N–H and O–H groups in total. The lowest BCUT2D eigenvalue weighted by Crippen LogP contribution is -2.44. The summed E-state index contributed by atoms with van der Waals surface area (Å²) in [6, 6.07) is -1.07. The third kappa shape index (κ3) is 2.48. The Kier molecular flexibility index (Phi) is 2.65. The molecule has 1 aliphatic heterocycles. The van der Waals surface area contributed by atoms with Crippen LogP contribution in [0.25, 0.3) is 0 Å². The molecule has 76 valence electrons. The fourth-order valence-corrected chi connectivity index (χ4v) is 1.33. The van der Waals surface area contributed by atoms with Crippen LogP contribution in [0.5, 0.6) is 0 Å². The minimum Gasteiger partial charge on any atom is -0.465 e. The molecule has 0 aliphatic carbocycles. The van der Waals surface area contributed by atoms with Gasteiger partial charge in [0.1, 0.15) is 0 Å². The van der Waals surface area contributed by atoms with Crippen molar-refractivity contribution in [3.8, 4) is 0 Å². The second-order valence-electron chi connectivity index (χ2n) is 2.86. The zero-order valence-corrected chi connectivity index (χ0v) is 6.56. The normalized spacial score (nSPS) is 28.8. The Hall–Kier alpha value is -0.980. The maximum absolute atomic E-state index is 12.2. The molecule has 7 heteroatoms. The van der Waals surface area contributed by atoms with Crippen LogP contribution in [0, 0.1) is 5.92 Å². The third-order valence-corrected chi connectivity index (χ3v) is 1.94. The van der Waals surface area contributed by atoms with Crippen molar-refractivity contribution in [2.45, 2.75) is 12.2 Å². The van der Waals surface area contributed by atoms with Crippen molar-refractivity contribution in [1.29, 1.82) is 0 Å². The first-order chi connectivity index (χ1) is 5.91. The van der Waals surface area contributed by atoms with Crippen molar-refractivity contribution in [2.75, 3.05) is 13.1 Å². The number of rotatable bonds is 1. The summed E-state index contributed by atoms with van der Waals surface area (Å²) in [5.41, 5.74) is 0. The second kappa shape index (κ2) is 3.41. The van der Waals surface area contributed by atoms with Crippen molar-refractivity contribution < 1.29 is 23.1 Å². The Morgan fingerprint density at radius 3 is 2.54 bits per heavy atom. The van der Waals surface area contributed by atoms with E-state index in [4.69, 9.17) is 5.11 Å². The number of nitrogens with one attached hydrogen (secondary N) is 2. The molecule has 1 fully saturated rings. The van der Waals surface area contributed by atoms with Crippen molar-refractivity contribution in [1.82, 2.24) is 10.6 Å². The largest absolute Gasteiger partial charge is 0.465 e. The number of carbonyl (C=O) groups is 1.